The number of benzene rings is 1. The normalized spacial score (nSPS) is 18.1. The van der Waals surface area contributed by atoms with E-state index in [1.165, 1.54) is 0 Å². The summed E-state index contributed by atoms with van der Waals surface area (Å²) in [4.78, 5) is 4.99. The highest BCUT2D eigenvalue weighted by Gasteiger charge is 2.27. The second kappa shape index (κ2) is 8.60. The monoisotopic (exact) mass is 418 g/mol. The lowest BCUT2D eigenvalue weighted by Gasteiger charge is -2.38. The highest BCUT2D eigenvalue weighted by molar-refractivity contribution is 7.89. The number of hydrogen-bond acceptors (Lipinski definition) is 4. The second-order valence-electron chi connectivity index (χ2n) is 9.03. The van der Waals surface area contributed by atoms with Crippen LogP contribution in [0.2, 0.25) is 0 Å². The quantitative estimate of drug-likeness (QED) is 0.783. The number of piperazine rings is 1. The third-order valence-corrected chi connectivity index (χ3v) is 7.24. The van der Waals surface area contributed by atoms with Crippen LogP contribution < -0.4 is 4.72 Å². The van der Waals surface area contributed by atoms with Gasteiger partial charge in [-0.3, -0.25) is 4.90 Å². The van der Waals surface area contributed by atoms with Crippen molar-refractivity contribution in [1.82, 2.24) is 19.1 Å². The first-order valence-corrected chi connectivity index (χ1v) is 11.7. The van der Waals surface area contributed by atoms with E-state index in [2.05, 4.69) is 53.0 Å². The van der Waals surface area contributed by atoms with E-state index in [-0.39, 0.29) is 11.5 Å². The first-order chi connectivity index (χ1) is 13.6. The molecular weight excluding hydrogens is 384 g/mol. The summed E-state index contributed by atoms with van der Waals surface area (Å²) < 4.78 is 30.8. The summed E-state index contributed by atoms with van der Waals surface area (Å²) in [5.74, 6) is 0. The molecule has 3 rings (SSSR count). The van der Waals surface area contributed by atoms with Crippen LogP contribution in [-0.4, -0.2) is 62.6 Å². The SMILES string of the molecule is CN1CCN([C@@H](CNS(=O)(=O)c2ccc(C(C)(C)C)cc2)c2cccn2C)CC1. The van der Waals surface area contributed by atoms with Crippen molar-refractivity contribution in [1.29, 1.82) is 0 Å². The predicted molar refractivity (Wildman–Crippen MR) is 118 cm³/mol. The lowest BCUT2D eigenvalue weighted by atomic mass is 9.87. The molecule has 1 aromatic carbocycles. The van der Waals surface area contributed by atoms with E-state index in [1.807, 2.05) is 31.4 Å². The van der Waals surface area contributed by atoms with Gasteiger partial charge in [-0.2, -0.15) is 0 Å². The molecule has 1 N–H and O–H groups in total. The number of likely N-dealkylation sites (N-methyl/N-ethyl adjacent to an activating group) is 1. The van der Waals surface area contributed by atoms with E-state index in [1.54, 1.807) is 12.1 Å². The molecular formula is C22H34N4O2S. The van der Waals surface area contributed by atoms with Crippen LogP contribution in [0, 0.1) is 0 Å². The molecule has 0 radical (unpaired) electrons. The van der Waals surface area contributed by atoms with Gasteiger partial charge in [-0.15, -0.1) is 0 Å². The van der Waals surface area contributed by atoms with Gasteiger partial charge in [0.15, 0.2) is 0 Å². The highest BCUT2D eigenvalue weighted by atomic mass is 32.2. The average molecular weight is 419 g/mol. The van der Waals surface area contributed by atoms with Gasteiger partial charge < -0.3 is 9.47 Å². The van der Waals surface area contributed by atoms with Gasteiger partial charge in [0.1, 0.15) is 0 Å². The summed E-state index contributed by atoms with van der Waals surface area (Å²) in [7, 11) is 0.569. The fraction of sp³-hybridized carbons (Fsp3) is 0.545. The smallest absolute Gasteiger partial charge is 0.240 e. The maximum atomic E-state index is 12.9. The lowest BCUT2D eigenvalue weighted by molar-refractivity contribution is 0.109. The predicted octanol–water partition coefficient (Wildman–Crippen LogP) is 2.59. The molecule has 0 unspecified atom stereocenters. The fourth-order valence-corrected chi connectivity index (χ4v) is 4.82. The molecule has 1 aliphatic heterocycles. The van der Waals surface area contributed by atoms with Gasteiger partial charge in [-0.1, -0.05) is 32.9 Å². The molecule has 2 heterocycles. The van der Waals surface area contributed by atoms with E-state index in [4.69, 9.17) is 0 Å². The molecule has 1 atom stereocenters. The van der Waals surface area contributed by atoms with Crippen LogP contribution >= 0.6 is 0 Å². The van der Waals surface area contributed by atoms with Crippen molar-refractivity contribution in [2.75, 3.05) is 39.8 Å². The first-order valence-electron chi connectivity index (χ1n) is 10.2. The van der Waals surface area contributed by atoms with Crippen LogP contribution in [0.1, 0.15) is 38.1 Å². The van der Waals surface area contributed by atoms with Crippen LogP contribution in [0.4, 0.5) is 0 Å². The van der Waals surface area contributed by atoms with Crippen molar-refractivity contribution >= 4 is 10.0 Å². The topological polar surface area (TPSA) is 57.6 Å². The Morgan fingerprint density at radius 3 is 2.14 bits per heavy atom. The molecule has 0 bridgehead atoms. The van der Waals surface area contributed by atoms with Crippen molar-refractivity contribution in [2.45, 2.75) is 37.1 Å². The molecule has 1 aromatic heterocycles. The Morgan fingerprint density at radius 2 is 1.62 bits per heavy atom. The fourth-order valence-electron chi connectivity index (χ4n) is 3.78. The molecule has 6 nitrogen and oxygen atoms in total. The number of rotatable bonds is 6. The maximum Gasteiger partial charge on any atom is 0.240 e. The molecule has 29 heavy (non-hydrogen) atoms. The van der Waals surface area contributed by atoms with E-state index < -0.39 is 10.0 Å². The minimum Gasteiger partial charge on any atom is -0.353 e. The Labute approximate surface area is 175 Å². The zero-order chi connectivity index (χ0) is 21.2. The largest absolute Gasteiger partial charge is 0.353 e. The second-order valence-corrected chi connectivity index (χ2v) is 10.8. The van der Waals surface area contributed by atoms with Gasteiger partial charge in [0.05, 0.1) is 10.9 Å². The van der Waals surface area contributed by atoms with Gasteiger partial charge in [0.25, 0.3) is 0 Å². The van der Waals surface area contributed by atoms with E-state index in [9.17, 15) is 8.42 Å². The van der Waals surface area contributed by atoms with E-state index in [0.717, 1.165) is 37.4 Å². The van der Waals surface area contributed by atoms with Crippen LogP contribution in [0.5, 0.6) is 0 Å². The first kappa shape index (κ1) is 22.0. The minimum absolute atomic E-state index is 0.00519. The third-order valence-electron chi connectivity index (χ3n) is 5.80. The molecule has 0 spiro atoms. The maximum absolute atomic E-state index is 12.9. The van der Waals surface area contributed by atoms with Gasteiger partial charge in [-0.25, -0.2) is 13.1 Å². The Hall–Kier alpha value is -1.67. The number of hydrogen-bond donors (Lipinski definition) is 1. The van der Waals surface area contributed by atoms with Crippen LogP contribution in [0.3, 0.4) is 0 Å². The Kier molecular flexibility index (Phi) is 6.53. The van der Waals surface area contributed by atoms with E-state index in [0.29, 0.717) is 11.4 Å². The summed E-state index contributed by atoms with van der Waals surface area (Å²) in [5.41, 5.74) is 2.24. The number of nitrogens with zero attached hydrogens (tertiary/aromatic N) is 3. The van der Waals surface area contributed by atoms with Gasteiger partial charge in [0, 0.05) is 51.7 Å². The Balaban J connectivity index is 1.77. The van der Waals surface area contributed by atoms with Gasteiger partial charge in [-0.05, 0) is 42.3 Å². The minimum atomic E-state index is -3.57. The Bertz CT molecular complexity index is 905. The summed E-state index contributed by atoms with van der Waals surface area (Å²) in [6, 6.07) is 11.3. The van der Waals surface area contributed by atoms with Crippen molar-refractivity contribution in [2.24, 2.45) is 7.05 Å². The molecule has 2 aromatic rings. The van der Waals surface area contributed by atoms with Crippen LogP contribution in [-0.2, 0) is 22.5 Å². The number of sulfonamides is 1. The molecule has 0 saturated carbocycles. The van der Waals surface area contributed by atoms with Gasteiger partial charge in [0.2, 0.25) is 10.0 Å². The van der Waals surface area contributed by atoms with E-state index >= 15 is 0 Å². The molecule has 1 saturated heterocycles. The van der Waals surface area contributed by atoms with Gasteiger partial charge >= 0.3 is 0 Å². The molecule has 1 fully saturated rings. The highest BCUT2D eigenvalue weighted by Crippen LogP contribution is 2.25. The van der Waals surface area contributed by atoms with Crippen molar-refractivity contribution in [3.05, 3.63) is 53.9 Å². The van der Waals surface area contributed by atoms with Crippen LogP contribution in [0.25, 0.3) is 0 Å². The number of aryl methyl sites for hydroxylation is 1. The Morgan fingerprint density at radius 1 is 1.00 bits per heavy atom. The summed E-state index contributed by atoms with van der Waals surface area (Å²) in [6.07, 6.45) is 2.01. The number of nitrogens with one attached hydrogen (secondary N) is 1. The summed E-state index contributed by atoms with van der Waals surface area (Å²) >= 11 is 0. The summed E-state index contributed by atoms with van der Waals surface area (Å²) in [5, 5.41) is 0. The molecule has 160 valence electrons. The molecule has 7 heteroatoms. The van der Waals surface area contributed by atoms with Crippen molar-refractivity contribution in [3.63, 3.8) is 0 Å². The number of aromatic nitrogens is 1. The zero-order valence-electron chi connectivity index (χ0n) is 18.2. The standard InChI is InChI=1S/C22H34N4O2S/c1-22(2,3)18-8-10-19(11-9-18)29(27,28)23-17-21(20-7-6-12-25(20)5)26-15-13-24(4)14-16-26/h6-12,21,23H,13-17H2,1-5H3/t21-/m0/s1. The van der Waals surface area contributed by atoms with Crippen molar-refractivity contribution in [3.8, 4) is 0 Å². The third kappa shape index (κ3) is 5.28. The molecule has 1 aliphatic rings. The lowest BCUT2D eigenvalue weighted by Crippen LogP contribution is -2.48. The molecule has 0 amide bonds. The van der Waals surface area contributed by atoms with Crippen LogP contribution in [0.15, 0.2) is 47.5 Å². The van der Waals surface area contributed by atoms with Crippen molar-refractivity contribution < 1.29 is 8.42 Å². The molecule has 0 aliphatic carbocycles. The zero-order valence-corrected chi connectivity index (χ0v) is 19.0. The average Bonchev–Trinajstić information content (AvgIpc) is 3.08. The summed E-state index contributed by atoms with van der Waals surface area (Å²) in [6.45, 7) is 10.5.